The third-order valence-corrected chi connectivity index (χ3v) is 11.1. The highest BCUT2D eigenvalue weighted by Crippen LogP contribution is 2.45. The van der Waals surface area contributed by atoms with Gasteiger partial charge in [-0.05, 0) is 91.0 Å². The fourth-order valence-corrected chi connectivity index (χ4v) is 8.37. The Balaban J connectivity index is 0.860. The highest BCUT2D eigenvalue weighted by molar-refractivity contribution is 6.05. The summed E-state index contributed by atoms with van der Waals surface area (Å²) in [5, 5.41) is 3.96. The van der Waals surface area contributed by atoms with Crippen molar-refractivity contribution in [3.8, 4) is 11.5 Å². The number of benzene rings is 4. The first-order valence-corrected chi connectivity index (χ1v) is 18.0. The molecule has 4 aliphatic heterocycles. The van der Waals surface area contributed by atoms with Crippen molar-refractivity contribution in [2.24, 2.45) is 5.92 Å². The van der Waals surface area contributed by atoms with Gasteiger partial charge in [0.15, 0.2) is 11.5 Å². The molecule has 52 heavy (non-hydrogen) atoms. The summed E-state index contributed by atoms with van der Waals surface area (Å²) in [6.07, 6.45) is 2.36. The molecule has 4 aromatic carbocycles. The minimum atomic E-state index is -0.585. The van der Waals surface area contributed by atoms with E-state index in [1.54, 1.807) is 12.1 Å². The minimum absolute atomic E-state index is 0.0165. The molecule has 3 amide bonds. The Morgan fingerprint density at radius 2 is 1.67 bits per heavy atom. The van der Waals surface area contributed by atoms with Crippen molar-refractivity contribution < 1.29 is 23.9 Å². The molecule has 0 bridgehead atoms. The van der Waals surface area contributed by atoms with Crippen molar-refractivity contribution >= 4 is 40.0 Å². The first-order valence-electron chi connectivity index (χ1n) is 18.0. The number of anilines is 2. The number of carbonyl (C=O) groups excluding carboxylic acids is 3. The molecule has 11 nitrogen and oxygen atoms in total. The smallest absolute Gasteiger partial charge is 0.255 e. The summed E-state index contributed by atoms with van der Waals surface area (Å²) in [5.41, 5.74) is 12.7. The molecule has 9 rings (SSSR count). The van der Waals surface area contributed by atoms with Crippen molar-refractivity contribution in [1.82, 2.24) is 19.7 Å². The summed E-state index contributed by atoms with van der Waals surface area (Å²) in [5.74, 6) is 1.42. The molecule has 2 saturated heterocycles. The molecule has 2 atom stereocenters. The van der Waals surface area contributed by atoms with Crippen LogP contribution in [-0.4, -0.2) is 76.4 Å². The molecule has 1 unspecified atom stereocenters. The number of carbonyl (C=O) groups is 3. The average Bonchev–Trinajstić information content (AvgIpc) is 3.79. The average molecular weight is 697 g/mol. The number of amides is 3. The summed E-state index contributed by atoms with van der Waals surface area (Å²) < 4.78 is 11.3. The topological polar surface area (TPSA) is 133 Å². The maximum atomic E-state index is 14.3. The number of nitrogens with one attached hydrogen (secondary N) is 2. The number of hydrogen-bond donors (Lipinski definition) is 3. The number of para-hydroxylation sites is 3. The minimum Gasteiger partial charge on any atom is -0.454 e. The molecule has 0 saturated carbocycles. The third kappa shape index (κ3) is 5.80. The molecular weight excluding hydrogens is 656 g/mol. The van der Waals surface area contributed by atoms with E-state index in [1.165, 1.54) is 0 Å². The number of nitrogens with zero attached hydrogens (tertiary/aromatic N) is 3. The van der Waals surface area contributed by atoms with Gasteiger partial charge >= 0.3 is 0 Å². The maximum Gasteiger partial charge on any atom is 0.255 e. The van der Waals surface area contributed by atoms with Gasteiger partial charge in [-0.1, -0.05) is 48.5 Å². The zero-order valence-corrected chi connectivity index (χ0v) is 28.7. The Morgan fingerprint density at radius 1 is 0.904 bits per heavy atom. The number of aromatic amines is 1. The lowest BCUT2D eigenvalue weighted by molar-refractivity contribution is -0.159. The van der Waals surface area contributed by atoms with Crippen LogP contribution in [0.4, 0.5) is 11.4 Å². The van der Waals surface area contributed by atoms with Crippen molar-refractivity contribution in [2.75, 3.05) is 44.0 Å². The lowest BCUT2D eigenvalue weighted by atomic mass is 9.85. The molecule has 0 spiro atoms. The van der Waals surface area contributed by atoms with Crippen LogP contribution in [0, 0.1) is 5.92 Å². The highest BCUT2D eigenvalue weighted by Gasteiger charge is 2.48. The molecule has 1 aromatic heterocycles. The predicted octanol–water partition coefficient (Wildman–Crippen LogP) is 5.33. The van der Waals surface area contributed by atoms with Crippen LogP contribution >= 0.6 is 0 Å². The predicted molar refractivity (Wildman–Crippen MR) is 197 cm³/mol. The molecule has 5 heterocycles. The summed E-state index contributed by atoms with van der Waals surface area (Å²) in [6.45, 7) is 3.40. The van der Waals surface area contributed by atoms with Gasteiger partial charge in [-0.25, -0.2) is 0 Å². The Hall–Kier alpha value is -5.81. The van der Waals surface area contributed by atoms with Crippen LogP contribution in [0.1, 0.15) is 51.6 Å². The Labute approximate surface area is 301 Å². The third-order valence-electron chi connectivity index (χ3n) is 11.1. The van der Waals surface area contributed by atoms with Crippen LogP contribution in [0.15, 0.2) is 91.0 Å². The normalized spacial score (nSPS) is 20.2. The van der Waals surface area contributed by atoms with Crippen molar-refractivity contribution in [2.45, 2.75) is 37.9 Å². The van der Waals surface area contributed by atoms with Crippen LogP contribution in [0.25, 0.3) is 10.9 Å². The number of H-pyrrole nitrogens is 1. The Morgan fingerprint density at radius 3 is 2.50 bits per heavy atom. The Kier molecular flexibility index (Phi) is 8.07. The quantitative estimate of drug-likeness (QED) is 0.196. The summed E-state index contributed by atoms with van der Waals surface area (Å²) in [7, 11) is 0. The van der Waals surface area contributed by atoms with Gasteiger partial charge in [0, 0.05) is 41.7 Å². The van der Waals surface area contributed by atoms with Gasteiger partial charge in [0.05, 0.1) is 24.0 Å². The zero-order valence-electron chi connectivity index (χ0n) is 28.7. The first kappa shape index (κ1) is 32.1. The molecular formula is C41H40N6O5. The van der Waals surface area contributed by atoms with Crippen LogP contribution in [0.5, 0.6) is 11.5 Å². The van der Waals surface area contributed by atoms with Gasteiger partial charge < -0.3 is 35.3 Å². The van der Waals surface area contributed by atoms with Crippen molar-refractivity contribution in [1.29, 1.82) is 0 Å². The first-order chi connectivity index (χ1) is 25.4. The van der Waals surface area contributed by atoms with Gasteiger partial charge in [0.1, 0.15) is 6.04 Å². The fourth-order valence-electron chi connectivity index (χ4n) is 8.37. The molecule has 4 N–H and O–H groups in total. The van der Waals surface area contributed by atoms with E-state index in [2.05, 4.69) is 21.3 Å². The van der Waals surface area contributed by atoms with E-state index in [1.807, 2.05) is 82.6 Å². The zero-order chi connectivity index (χ0) is 35.3. The number of hydrogen-bond acceptors (Lipinski definition) is 7. The van der Waals surface area contributed by atoms with Crippen LogP contribution in [-0.2, 0) is 22.6 Å². The molecule has 2 fully saturated rings. The standard InChI is InChI=1S/C41H40N6O5/c42-31-6-2-4-8-33(31)44-40(49)27-11-9-25(10-12-27)21-45-17-15-26(16-18-45)22-46-23-37(48)47-34(41(46)50)20-30-29-5-1-3-7-32(29)43-38(30)39(47)28-13-14-35-36(19-28)52-24-51-35/h1-14,19,26,34,39,43H,15-18,20-24,42H2,(H,44,49)/t34?,39-/m1/s1. The van der Waals surface area contributed by atoms with Gasteiger partial charge in [-0.2, -0.15) is 0 Å². The van der Waals surface area contributed by atoms with E-state index >= 15 is 0 Å². The summed E-state index contributed by atoms with van der Waals surface area (Å²) in [6, 6.07) is 27.8. The number of ether oxygens (including phenoxy) is 2. The largest absolute Gasteiger partial charge is 0.454 e. The highest BCUT2D eigenvalue weighted by atomic mass is 16.7. The van der Waals surface area contributed by atoms with E-state index in [0.717, 1.165) is 65.8 Å². The van der Waals surface area contributed by atoms with E-state index < -0.39 is 12.1 Å². The van der Waals surface area contributed by atoms with Crippen LogP contribution < -0.4 is 20.5 Å². The Bertz CT molecular complexity index is 2190. The number of rotatable bonds is 7. The fraction of sp³-hybridized carbons (Fsp3) is 0.293. The second kappa shape index (κ2) is 13.1. The number of piperidine rings is 1. The van der Waals surface area contributed by atoms with Gasteiger partial charge in [-0.3, -0.25) is 19.3 Å². The number of piperazine rings is 1. The maximum absolute atomic E-state index is 14.3. The molecule has 11 heteroatoms. The number of aromatic nitrogens is 1. The summed E-state index contributed by atoms with van der Waals surface area (Å²) in [4.78, 5) is 50.9. The summed E-state index contributed by atoms with van der Waals surface area (Å²) >= 11 is 0. The molecule has 4 aliphatic rings. The second-order valence-corrected chi connectivity index (χ2v) is 14.3. The lowest BCUT2D eigenvalue weighted by Crippen LogP contribution is -2.63. The molecule has 5 aromatic rings. The monoisotopic (exact) mass is 696 g/mol. The van der Waals surface area contributed by atoms with E-state index in [0.29, 0.717) is 47.3 Å². The van der Waals surface area contributed by atoms with E-state index in [9.17, 15) is 14.4 Å². The number of nitrogens with two attached hydrogens (primary N) is 1. The number of fused-ring (bicyclic) bond motifs is 5. The van der Waals surface area contributed by atoms with Gasteiger partial charge in [0.25, 0.3) is 5.91 Å². The SMILES string of the molecule is Nc1ccccc1NC(=O)c1ccc(CN2CCC(CN3CC(=O)N4C(Cc5c([nH]c6ccccc56)[C@H]4c4ccc5c(c4)OCO5)C3=O)CC2)cc1. The number of nitrogen functional groups attached to an aromatic ring is 1. The van der Waals surface area contributed by atoms with Crippen LogP contribution in [0.3, 0.4) is 0 Å². The lowest BCUT2D eigenvalue weighted by Gasteiger charge is -2.48. The second-order valence-electron chi connectivity index (χ2n) is 14.3. The number of likely N-dealkylation sites (tertiary alicyclic amines) is 1. The van der Waals surface area contributed by atoms with Gasteiger partial charge in [-0.15, -0.1) is 0 Å². The van der Waals surface area contributed by atoms with Crippen LogP contribution in [0.2, 0.25) is 0 Å². The molecule has 0 aliphatic carbocycles. The van der Waals surface area contributed by atoms with Crippen molar-refractivity contribution in [3.63, 3.8) is 0 Å². The van der Waals surface area contributed by atoms with E-state index in [4.69, 9.17) is 15.2 Å². The molecule has 264 valence electrons. The van der Waals surface area contributed by atoms with E-state index in [-0.39, 0.29) is 31.1 Å². The van der Waals surface area contributed by atoms with Gasteiger partial charge in [0.2, 0.25) is 18.6 Å². The van der Waals surface area contributed by atoms with Crippen molar-refractivity contribution in [3.05, 3.63) is 119 Å². The molecule has 0 radical (unpaired) electrons.